The fourth-order valence-electron chi connectivity index (χ4n) is 2.79. The van der Waals surface area contributed by atoms with Crippen LogP contribution in [-0.2, 0) is 6.42 Å². The molecule has 2 aromatic heterocycles. The molecule has 4 rings (SSSR count). The Labute approximate surface area is 174 Å². The number of nitrogens with one attached hydrogen (secondary N) is 3. The van der Waals surface area contributed by atoms with Gasteiger partial charge in [0.25, 0.3) is 5.91 Å². The van der Waals surface area contributed by atoms with E-state index in [9.17, 15) is 4.79 Å². The van der Waals surface area contributed by atoms with Crippen LogP contribution < -0.4 is 10.6 Å². The molecule has 142 valence electrons. The second kappa shape index (κ2) is 8.18. The van der Waals surface area contributed by atoms with E-state index < -0.39 is 0 Å². The van der Waals surface area contributed by atoms with Gasteiger partial charge < -0.3 is 10.3 Å². The summed E-state index contributed by atoms with van der Waals surface area (Å²) in [5.41, 5.74) is 2.76. The van der Waals surface area contributed by atoms with Crippen LogP contribution in [0.2, 0.25) is 10.0 Å². The lowest BCUT2D eigenvalue weighted by Gasteiger charge is -2.03. The molecule has 0 spiro atoms. The van der Waals surface area contributed by atoms with Gasteiger partial charge in [0.15, 0.2) is 0 Å². The summed E-state index contributed by atoms with van der Waals surface area (Å²) in [4.78, 5) is 15.6. The van der Waals surface area contributed by atoms with Crippen LogP contribution in [0, 0.1) is 0 Å². The van der Waals surface area contributed by atoms with E-state index in [4.69, 9.17) is 23.2 Å². The van der Waals surface area contributed by atoms with E-state index in [1.54, 1.807) is 12.1 Å². The largest absolute Gasteiger partial charge is 0.361 e. The highest BCUT2D eigenvalue weighted by atomic mass is 35.5. The van der Waals surface area contributed by atoms with Crippen molar-refractivity contribution in [3.05, 3.63) is 69.8 Å². The number of carbonyl (C=O) groups is 1. The SMILES string of the molecule is O=C(Nc1nnc(NCCc2c[nH]c3ccccc23)s1)c1ccc(Cl)c(Cl)c1. The molecule has 0 fully saturated rings. The quantitative estimate of drug-likeness (QED) is 0.390. The maximum atomic E-state index is 12.3. The number of fused-ring (bicyclic) bond motifs is 1. The summed E-state index contributed by atoms with van der Waals surface area (Å²) in [6.07, 6.45) is 2.86. The van der Waals surface area contributed by atoms with Gasteiger partial charge in [0.05, 0.1) is 10.0 Å². The van der Waals surface area contributed by atoms with Crippen molar-refractivity contribution in [1.82, 2.24) is 15.2 Å². The first-order valence-corrected chi connectivity index (χ1v) is 10.1. The van der Waals surface area contributed by atoms with E-state index in [0.29, 0.717) is 32.4 Å². The molecule has 0 aliphatic carbocycles. The van der Waals surface area contributed by atoms with Crippen LogP contribution in [-0.4, -0.2) is 27.6 Å². The number of H-pyrrole nitrogens is 1. The van der Waals surface area contributed by atoms with Crippen molar-refractivity contribution in [3.8, 4) is 0 Å². The summed E-state index contributed by atoms with van der Waals surface area (Å²) in [6, 6.07) is 12.9. The molecule has 28 heavy (non-hydrogen) atoms. The number of aromatic amines is 1. The standard InChI is InChI=1S/C19H15Cl2N5OS/c20-14-6-5-11(9-15(14)21)17(27)24-19-26-25-18(28-19)22-8-7-12-10-23-16-4-2-1-3-13(12)16/h1-6,9-10,23H,7-8H2,(H,22,25)(H,24,26,27). The fourth-order valence-corrected chi connectivity index (χ4v) is 3.76. The molecule has 6 nitrogen and oxygen atoms in total. The molecule has 0 aliphatic heterocycles. The molecule has 3 N–H and O–H groups in total. The minimum absolute atomic E-state index is 0.319. The number of para-hydroxylation sites is 1. The smallest absolute Gasteiger partial charge is 0.257 e. The van der Waals surface area contributed by atoms with Gasteiger partial charge in [-0.05, 0) is 36.2 Å². The number of nitrogens with zero attached hydrogens (tertiary/aromatic N) is 2. The zero-order valence-corrected chi connectivity index (χ0v) is 16.8. The van der Waals surface area contributed by atoms with Gasteiger partial charge in [-0.15, -0.1) is 10.2 Å². The number of hydrogen-bond donors (Lipinski definition) is 3. The van der Waals surface area contributed by atoms with Gasteiger partial charge in [-0.1, -0.05) is 52.7 Å². The lowest BCUT2D eigenvalue weighted by atomic mass is 10.1. The summed E-state index contributed by atoms with van der Waals surface area (Å²) < 4.78 is 0. The molecule has 4 aromatic rings. The highest BCUT2D eigenvalue weighted by Crippen LogP contribution is 2.25. The van der Waals surface area contributed by atoms with Crippen molar-refractivity contribution in [1.29, 1.82) is 0 Å². The predicted molar refractivity (Wildman–Crippen MR) is 115 cm³/mol. The summed E-state index contributed by atoms with van der Waals surface area (Å²) in [6.45, 7) is 0.706. The van der Waals surface area contributed by atoms with Gasteiger partial charge in [0.2, 0.25) is 10.3 Å². The van der Waals surface area contributed by atoms with Crippen LogP contribution in [0.5, 0.6) is 0 Å². The monoisotopic (exact) mass is 431 g/mol. The summed E-state index contributed by atoms with van der Waals surface area (Å²) >= 11 is 13.1. The second-order valence-corrected chi connectivity index (χ2v) is 7.82. The number of hydrogen-bond acceptors (Lipinski definition) is 5. The van der Waals surface area contributed by atoms with Crippen LogP contribution in [0.3, 0.4) is 0 Å². The number of amides is 1. The van der Waals surface area contributed by atoms with Crippen LogP contribution in [0.25, 0.3) is 10.9 Å². The van der Waals surface area contributed by atoms with Crippen molar-refractivity contribution in [3.63, 3.8) is 0 Å². The maximum Gasteiger partial charge on any atom is 0.257 e. The number of aromatic nitrogens is 3. The number of rotatable bonds is 6. The average Bonchev–Trinajstić information content (AvgIpc) is 3.31. The van der Waals surface area contributed by atoms with Crippen LogP contribution in [0.1, 0.15) is 15.9 Å². The predicted octanol–water partition coefficient (Wildman–Crippen LogP) is 5.23. The molecule has 0 saturated heterocycles. The first-order valence-electron chi connectivity index (χ1n) is 8.49. The lowest BCUT2D eigenvalue weighted by Crippen LogP contribution is -2.11. The van der Waals surface area contributed by atoms with Crippen molar-refractivity contribution < 1.29 is 4.79 Å². The third-order valence-corrected chi connectivity index (χ3v) is 5.71. The maximum absolute atomic E-state index is 12.3. The Morgan fingerprint density at radius 3 is 2.75 bits per heavy atom. The molecule has 0 atom stereocenters. The normalized spacial score (nSPS) is 10.9. The van der Waals surface area contributed by atoms with Crippen molar-refractivity contribution in [2.75, 3.05) is 17.2 Å². The number of anilines is 2. The van der Waals surface area contributed by atoms with Gasteiger partial charge in [-0.3, -0.25) is 10.1 Å². The molecule has 1 amide bonds. The second-order valence-electron chi connectivity index (χ2n) is 6.03. The average molecular weight is 432 g/mol. The summed E-state index contributed by atoms with van der Waals surface area (Å²) in [7, 11) is 0. The Kier molecular flexibility index (Phi) is 5.47. The zero-order valence-electron chi connectivity index (χ0n) is 14.5. The molecule has 0 saturated carbocycles. The van der Waals surface area contributed by atoms with Crippen molar-refractivity contribution >= 4 is 61.6 Å². The highest BCUT2D eigenvalue weighted by Gasteiger charge is 2.12. The number of carbonyl (C=O) groups excluding carboxylic acids is 1. The van der Waals surface area contributed by atoms with Gasteiger partial charge >= 0.3 is 0 Å². The minimum atomic E-state index is -0.319. The third-order valence-electron chi connectivity index (χ3n) is 4.17. The third kappa shape index (κ3) is 4.11. The number of halogens is 2. The van der Waals surface area contributed by atoms with E-state index in [1.807, 2.05) is 18.3 Å². The topological polar surface area (TPSA) is 82.7 Å². The van der Waals surface area contributed by atoms with Gasteiger partial charge in [0.1, 0.15) is 0 Å². The van der Waals surface area contributed by atoms with Gasteiger partial charge in [-0.2, -0.15) is 0 Å². The molecule has 0 aliphatic rings. The highest BCUT2D eigenvalue weighted by molar-refractivity contribution is 7.19. The van der Waals surface area contributed by atoms with E-state index in [1.165, 1.54) is 28.4 Å². The summed E-state index contributed by atoms with van der Waals surface area (Å²) in [5.74, 6) is -0.319. The molecular formula is C19H15Cl2N5OS. The molecule has 0 radical (unpaired) electrons. The molecule has 0 unspecified atom stereocenters. The van der Waals surface area contributed by atoms with Gasteiger partial charge in [0, 0.05) is 29.2 Å². The van der Waals surface area contributed by atoms with Crippen LogP contribution >= 0.6 is 34.5 Å². The van der Waals surface area contributed by atoms with Crippen molar-refractivity contribution in [2.45, 2.75) is 6.42 Å². The van der Waals surface area contributed by atoms with E-state index in [0.717, 1.165) is 11.9 Å². The first kappa shape index (κ1) is 18.7. The Morgan fingerprint density at radius 2 is 1.89 bits per heavy atom. The zero-order chi connectivity index (χ0) is 19.5. The Balaban J connectivity index is 1.34. The van der Waals surface area contributed by atoms with Gasteiger partial charge in [-0.25, -0.2) is 0 Å². The molecular weight excluding hydrogens is 417 g/mol. The summed E-state index contributed by atoms with van der Waals surface area (Å²) in [5, 5.41) is 17.0. The minimum Gasteiger partial charge on any atom is -0.361 e. The van der Waals surface area contributed by atoms with E-state index >= 15 is 0 Å². The van der Waals surface area contributed by atoms with E-state index in [-0.39, 0.29) is 5.91 Å². The molecule has 2 aromatic carbocycles. The molecule has 0 bridgehead atoms. The first-order chi connectivity index (χ1) is 13.6. The molecule has 9 heteroatoms. The Hall–Kier alpha value is -2.61. The Morgan fingerprint density at radius 1 is 1.07 bits per heavy atom. The van der Waals surface area contributed by atoms with Crippen molar-refractivity contribution in [2.24, 2.45) is 0 Å². The van der Waals surface area contributed by atoms with Crippen LogP contribution in [0.4, 0.5) is 10.3 Å². The fraction of sp³-hybridized carbons (Fsp3) is 0.105. The Bertz CT molecular complexity index is 1140. The number of benzene rings is 2. The molecule has 2 heterocycles. The lowest BCUT2D eigenvalue weighted by molar-refractivity contribution is 0.102. The van der Waals surface area contributed by atoms with Crippen LogP contribution in [0.15, 0.2) is 48.7 Å². The van der Waals surface area contributed by atoms with E-state index in [2.05, 4.69) is 37.9 Å².